The molecule has 0 aliphatic rings. The molecule has 0 unspecified atom stereocenters. The van der Waals surface area contributed by atoms with Crippen molar-refractivity contribution in [2.75, 3.05) is 0 Å². The van der Waals surface area contributed by atoms with Crippen LogP contribution in [0.25, 0.3) is 10.9 Å². The molecule has 4 aromatic rings. The van der Waals surface area contributed by atoms with Crippen LogP contribution in [-0.2, 0) is 10.0 Å². The Morgan fingerprint density at radius 1 is 1.00 bits per heavy atom. The van der Waals surface area contributed by atoms with Crippen molar-refractivity contribution < 1.29 is 18.1 Å². The maximum atomic E-state index is 13.3. The van der Waals surface area contributed by atoms with Crippen molar-refractivity contribution >= 4 is 38.2 Å². The number of amides is 1. The van der Waals surface area contributed by atoms with Crippen molar-refractivity contribution in [3.05, 3.63) is 106 Å². The van der Waals surface area contributed by atoms with Gasteiger partial charge in [0.1, 0.15) is 0 Å². The molecule has 0 aliphatic carbocycles. The van der Waals surface area contributed by atoms with Crippen LogP contribution in [0.1, 0.15) is 22.8 Å². The Hall–Kier alpha value is -4.31. The quantitative estimate of drug-likeness (QED) is 0.264. The van der Waals surface area contributed by atoms with Gasteiger partial charge in [0.15, 0.2) is 0 Å². The number of rotatable bonds is 6. The van der Waals surface area contributed by atoms with Gasteiger partial charge in [0.05, 0.1) is 21.0 Å². The van der Waals surface area contributed by atoms with Crippen molar-refractivity contribution in [3.63, 3.8) is 0 Å². The van der Waals surface area contributed by atoms with Crippen molar-refractivity contribution in [1.82, 2.24) is 9.40 Å². The second kappa shape index (κ2) is 8.67. The lowest BCUT2D eigenvalue weighted by atomic mass is 10.1. The molecule has 0 radical (unpaired) electrons. The minimum atomic E-state index is -4.14. The molecule has 10 heteroatoms. The number of non-ortho nitro benzene ring substituents is 1. The van der Waals surface area contributed by atoms with Crippen LogP contribution in [0.4, 0.5) is 5.69 Å². The second-order valence-electron chi connectivity index (χ2n) is 7.12. The molecule has 3 aromatic carbocycles. The Bertz CT molecular complexity index is 1510. The largest absolute Gasteiger partial charge is 0.271 e. The number of carbonyl (C=O) groups excluding carboxylic acids is 1. The predicted molar refractivity (Wildman–Crippen MR) is 124 cm³/mol. The van der Waals surface area contributed by atoms with E-state index in [1.165, 1.54) is 24.4 Å². The summed E-state index contributed by atoms with van der Waals surface area (Å²) in [5, 5.41) is 15.9. The number of nitrogens with one attached hydrogen (secondary N) is 1. The number of nitro groups is 1. The molecule has 0 aliphatic heterocycles. The lowest BCUT2D eigenvalue weighted by Gasteiger charge is -2.07. The van der Waals surface area contributed by atoms with Gasteiger partial charge in [0.25, 0.3) is 21.6 Å². The number of hydrazone groups is 1. The molecule has 166 valence electrons. The first-order valence-electron chi connectivity index (χ1n) is 9.79. The summed E-state index contributed by atoms with van der Waals surface area (Å²) in [6, 6.07) is 20.2. The molecule has 0 bridgehead atoms. The van der Waals surface area contributed by atoms with E-state index in [0.29, 0.717) is 27.7 Å². The van der Waals surface area contributed by atoms with Gasteiger partial charge in [-0.3, -0.25) is 14.9 Å². The Morgan fingerprint density at radius 2 is 1.70 bits per heavy atom. The maximum absolute atomic E-state index is 13.3. The monoisotopic (exact) mass is 462 g/mol. The van der Waals surface area contributed by atoms with Gasteiger partial charge in [-0.1, -0.05) is 42.5 Å². The molecule has 33 heavy (non-hydrogen) atoms. The zero-order valence-electron chi connectivity index (χ0n) is 17.4. The van der Waals surface area contributed by atoms with E-state index >= 15 is 0 Å². The summed E-state index contributed by atoms with van der Waals surface area (Å²) in [6.07, 6.45) is 1.40. The predicted octanol–water partition coefficient (Wildman–Crippen LogP) is 3.94. The molecule has 1 amide bonds. The van der Waals surface area contributed by atoms with Crippen LogP contribution in [0, 0.1) is 10.1 Å². The van der Waals surface area contributed by atoms with E-state index in [4.69, 9.17) is 0 Å². The van der Waals surface area contributed by atoms with Gasteiger partial charge in [-0.05, 0) is 31.2 Å². The molecule has 0 saturated heterocycles. The SMILES string of the molecule is C/C(=N\NC(=O)c1ccccc1)c1cn(S(=O)(=O)c2cccc([N+](=O)[O-])c2)c2ccccc12. The standard InChI is InChI=1S/C23H18N4O5S/c1-16(24-25-23(28)17-8-3-2-4-9-17)21-15-26(22-13-6-5-12-20(21)22)33(31,32)19-11-7-10-18(14-19)27(29)30/h2-15H,1H3,(H,25,28)/b24-16+. The number of hydrogen-bond donors (Lipinski definition) is 1. The fourth-order valence-corrected chi connectivity index (χ4v) is 4.77. The number of aromatic nitrogens is 1. The Morgan fingerprint density at radius 3 is 2.42 bits per heavy atom. The highest BCUT2D eigenvalue weighted by molar-refractivity contribution is 7.90. The molecular formula is C23H18N4O5S. The molecule has 1 N–H and O–H groups in total. The lowest BCUT2D eigenvalue weighted by Crippen LogP contribution is -2.19. The van der Waals surface area contributed by atoms with E-state index in [0.717, 1.165) is 10.0 Å². The van der Waals surface area contributed by atoms with Gasteiger partial charge >= 0.3 is 0 Å². The van der Waals surface area contributed by atoms with Crippen LogP contribution in [-0.4, -0.2) is 28.9 Å². The Kier molecular flexibility index (Phi) is 5.76. The summed E-state index contributed by atoms with van der Waals surface area (Å²) in [6.45, 7) is 1.65. The first-order chi connectivity index (χ1) is 15.8. The second-order valence-corrected chi connectivity index (χ2v) is 8.93. The highest BCUT2D eigenvalue weighted by atomic mass is 32.2. The van der Waals surface area contributed by atoms with Crippen LogP contribution >= 0.6 is 0 Å². The van der Waals surface area contributed by atoms with E-state index in [9.17, 15) is 23.3 Å². The third-order valence-corrected chi connectivity index (χ3v) is 6.68. The molecule has 9 nitrogen and oxygen atoms in total. The van der Waals surface area contributed by atoms with Gasteiger partial charge in [-0.25, -0.2) is 17.8 Å². The van der Waals surface area contributed by atoms with Gasteiger partial charge in [-0.15, -0.1) is 0 Å². The fourth-order valence-electron chi connectivity index (χ4n) is 3.36. The third kappa shape index (κ3) is 4.23. The van der Waals surface area contributed by atoms with Crippen LogP contribution in [0.3, 0.4) is 0 Å². The van der Waals surface area contributed by atoms with Gasteiger partial charge in [0, 0.05) is 34.8 Å². The molecule has 0 saturated carbocycles. The van der Waals surface area contributed by atoms with Crippen molar-refractivity contribution in [1.29, 1.82) is 0 Å². The Labute approximate surface area is 189 Å². The summed E-state index contributed by atoms with van der Waals surface area (Å²) < 4.78 is 27.7. The average Bonchev–Trinajstić information content (AvgIpc) is 3.23. The topological polar surface area (TPSA) is 124 Å². The highest BCUT2D eigenvalue weighted by Gasteiger charge is 2.24. The number of fused-ring (bicyclic) bond motifs is 1. The van der Waals surface area contributed by atoms with Crippen LogP contribution in [0.2, 0.25) is 0 Å². The van der Waals surface area contributed by atoms with Gasteiger partial charge < -0.3 is 0 Å². The number of hydrogen-bond acceptors (Lipinski definition) is 6. The number of benzene rings is 3. The first-order valence-corrected chi connectivity index (χ1v) is 11.2. The average molecular weight is 462 g/mol. The molecule has 0 fully saturated rings. The zero-order valence-corrected chi connectivity index (χ0v) is 18.2. The molecule has 1 heterocycles. The van der Waals surface area contributed by atoms with E-state index in [2.05, 4.69) is 10.5 Å². The van der Waals surface area contributed by atoms with Crippen LogP contribution < -0.4 is 5.43 Å². The minimum Gasteiger partial charge on any atom is -0.267 e. The summed E-state index contributed by atoms with van der Waals surface area (Å²) in [7, 11) is -4.14. The number of carbonyl (C=O) groups is 1. The summed E-state index contributed by atoms with van der Waals surface area (Å²) >= 11 is 0. The van der Waals surface area contributed by atoms with Crippen LogP contribution in [0.15, 0.2) is 95.1 Å². The third-order valence-electron chi connectivity index (χ3n) is 5.01. The van der Waals surface area contributed by atoms with Crippen molar-refractivity contribution in [2.45, 2.75) is 11.8 Å². The highest BCUT2D eigenvalue weighted by Crippen LogP contribution is 2.28. The van der Waals surface area contributed by atoms with E-state index in [-0.39, 0.29) is 10.6 Å². The normalized spacial score (nSPS) is 12.0. The van der Waals surface area contributed by atoms with E-state index in [1.54, 1.807) is 61.5 Å². The molecule has 1 aromatic heterocycles. The lowest BCUT2D eigenvalue weighted by molar-refractivity contribution is -0.385. The molecular weight excluding hydrogens is 444 g/mol. The smallest absolute Gasteiger partial charge is 0.267 e. The Balaban J connectivity index is 1.76. The number of nitro benzene ring substituents is 1. The summed E-state index contributed by atoms with van der Waals surface area (Å²) in [5.41, 5.74) is 3.85. The van der Waals surface area contributed by atoms with Crippen molar-refractivity contribution in [2.24, 2.45) is 5.10 Å². The first kappa shape index (κ1) is 21.9. The zero-order chi connectivity index (χ0) is 23.6. The van der Waals surface area contributed by atoms with E-state index in [1.807, 2.05) is 0 Å². The maximum Gasteiger partial charge on any atom is 0.271 e. The molecule has 4 rings (SSSR count). The number of nitrogens with zero attached hydrogens (tertiary/aromatic N) is 3. The fraction of sp³-hybridized carbons (Fsp3) is 0.0435. The number of para-hydroxylation sites is 1. The van der Waals surface area contributed by atoms with Gasteiger partial charge in [0.2, 0.25) is 0 Å². The van der Waals surface area contributed by atoms with E-state index < -0.39 is 20.9 Å². The minimum absolute atomic E-state index is 0.212. The van der Waals surface area contributed by atoms with Crippen molar-refractivity contribution in [3.8, 4) is 0 Å². The molecule has 0 atom stereocenters. The summed E-state index contributed by atoms with van der Waals surface area (Å²) in [4.78, 5) is 22.6. The van der Waals surface area contributed by atoms with Crippen LogP contribution in [0.5, 0.6) is 0 Å². The summed E-state index contributed by atoms with van der Waals surface area (Å²) in [5.74, 6) is -0.400. The molecule has 0 spiro atoms. The van der Waals surface area contributed by atoms with Gasteiger partial charge in [-0.2, -0.15) is 5.10 Å².